The largest absolute Gasteiger partial charge is 0.467 e. The lowest BCUT2D eigenvalue weighted by atomic mass is 10.1. The van der Waals surface area contributed by atoms with Gasteiger partial charge in [-0.2, -0.15) is 0 Å². The number of nitrogens with zero attached hydrogens (tertiary/aromatic N) is 5. The predicted octanol–water partition coefficient (Wildman–Crippen LogP) is -0.429. The molecule has 2 aromatic rings. The minimum atomic E-state index is -0.481. The van der Waals surface area contributed by atoms with Gasteiger partial charge in [0.25, 0.3) is 0 Å². The number of nitrogen functional groups attached to an aromatic ring is 1. The molecule has 2 fully saturated rings. The molecule has 0 bridgehead atoms. The van der Waals surface area contributed by atoms with E-state index in [0.717, 1.165) is 6.42 Å². The highest BCUT2D eigenvalue weighted by molar-refractivity contribution is 5.87. The van der Waals surface area contributed by atoms with Crippen molar-refractivity contribution in [2.45, 2.75) is 31.5 Å². The maximum atomic E-state index is 12.7. The Hall–Kier alpha value is -2.71. The van der Waals surface area contributed by atoms with E-state index in [1.165, 1.54) is 19.8 Å². The molecule has 1 aliphatic heterocycles. The summed E-state index contributed by atoms with van der Waals surface area (Å²) in [5, 5.41) is 0. The van der Waals surface area contributed by atoms with E-state index in [0.29, 0.717) is 23.5 Å². The van der Waals surface area contributed by atoms with E-state index in [4.69, 9.17) is 10.5 Å². The van der Waals surface area contributed by atoms with Crippen LogP contribution >= 0.6 is 0 Å². The van der Waals surface area contributed by atoms with Gasteiger partial charge in [0.1, 0.15) is 24.4 Å². The third-order valence-corrected chi connectivity index (χ3v) is 4.60. The van der Waals surface area contributed by atoms with Crippen LogP contribution in [0.2, 0.25) is 0 Å². The number of methoxy groups -OCH3 is 1. The summed E-state index contributed by atoms with van der Waals surface area (Å²) in [5.74, 6) is 0.201. The average molecular weight is 316 g/mol. The highest BCUT2D eigenvalue weighted by Crippen LogP contribution is 2.48. The van der Waals surface area contributed by atoms with Crippen LogP contribution in [0.4, 0.5) is 5.82 Å². The number of hydrogen-bond donors (Lipinski definition) is 1. The van der Waals surface area contributed by atoms with E-state index in [-0.39, 0.29) is 30.3 Å². The average Bonchev–Trinajstić information content (AvgIpc) is 3.01. The van der Waals surface area contributed by atoms with Gasteiger partial charge in [-0.25, -0.2) is 19.7 Å². The number of nitrogens with two attached hydrogens (primary N) is 1. The number of likely N-dealkylation sites (tertiary alicyclic amines) is 1. The highest BCUT2D eigenvalue weighted by Gasteiger charge is 2.56. The zero-order chi connectivity index (χ0) is 16.1. The molecule has 0 spiro atoms. The third-order valence-electron chi connectivity index (χ3n) is 4.60. The predicted molar refractivity (Wildman–Crippen MR) is 78.9 cm³/mol. The molecule has 4 rings (SSSR count). The Kier molecular flexibility index (Phi) is 2.97. The minimum absolute atomic E-state index is 0.0592. The molecule has 3 atom stereocenters. The smallest absolute Gasteiger partial charge is 0.328 e. The lowest BCUT2D eigenvalue weighted by molar-refractivity contribution is -0.152. The molecule has 1 saturated carbocycles. The fourth-order valence-corrected chi connectivity index (χ4v) is 3.40. The van der Waals surface area contributed by atoms with Gasteiger partial charge in [0, 0.05) is 6.04 Å². The molecule has 120 valence electrons. The summed E-state index contributed by atoms with van der Waals surface area (Å²) in [7, 11) is 1.35. The van der Waals surface area contributed by atoms with Gasteiger partial charge in [0.05, 0.1) is 13.4 Å². The Bertz CT molecular complexity index is 803. The summed E-state index contributed by atoms with van der Waals surface area (Å²) in [4.78, 5) is 38.4. The number of esters is 1. The summed E-state index contributed by atoms with van der Waals surface area (Å²) in [6, 6.07) is -0.327. The second kappa shape index (κ2) is 4.90. The quantitative estimate of drug-likeness (QED) is 0.764. The molecule has 9 heteroatoms. The number of hydrogen-bond acceptors (Lipinski definition) is 7. The highest BCUT2D eigenvalue weighted by atomic mass is 16.5. The molecular formula is C14H16N6O3. The number of carbonyl (C=O) groups is 2. The van der Waals surface area contributed by atoms with Gasteiger partial charge in [0.15, 0.2) is 11.5 Å². The number of rotatable bonds is 3. The van der Waals surface area contributed by atoms with Gasteiger partial charge in [-0.3, -0.25) is 4.79 Å². The molecule has 2 aliphatic rings. The normalized spacial score (nSPS) is 25.4. The summed E-state index contributed by atoms with van der Waals surface area (Å²) < 4.78 is 6.44. The van der Waals surface area contributed by atoms with Gasteiger partial charge >= 0.3 is 5.97 Å². The van der Waals surface area contributed by atoms with Crippen LogP contribution in [0.3, 0.4) is 0 Å². The van der Waals surface area contributed by atoms with E-state index in [1.54, 1.807) is 9.47 Å². The summed E-state index contributed by atoms with van der Waals surface area (Å²) in [6.07, 6.45) is 4.49. The first-order chi connectivity index (χ1) is 11.1. The molecule has 0 radical (unpaired) electrons. The monoisotopic (exact) mass is 316 g/mol. The van der Waals surface area contributed by atoms with Crippen LogP contribution in [0.15, 0.2) is 12.7 Å². The number of ether oxygens (including phenoxy) is 1. The Morgan fingerprint density at radius 2 is 2.17 bits per heavy atom. The zero-order valence-electron chi connectivity index (χ0n) is 12.5. The maximum Gasteiger partial charge on any atom is 0.328 e. The SMILES string of the molecule is COC(=O)[C@@H]1C[C@H]2CC2N1C(=O)Cn1cnc2c(N)ncnc21. The van der Waals surface area contributed by atoms with E-state index >= 15 is 0 Å². The van der Waals surface area contributed by atoms with Crippen molar-refractivity contribution in [2.24, 2.45) is 5.92 Å². The standard InChI is InChI=1S/C14H16N6O3/c1-23-14(22)9-3-7-2-8(7)20(9)10(21)4-19-6-18-11-12(15)16-5-17-13(11)19/h5-9H,2-4H2,1H3,(H2,15,16,17)/t7-,8?,9+/m1/s1. The van der Waals surface area contributed by atoms with Crippen LogP contribution in [-0.4, -0.2) is 55.5 Å². The van der Waals surface area contributed by atoms with Gasteiger partial charge < -0.3 is 19.9 Å². The molecule has 1 unspecified atom stereocenters. The number of piperidine rings is 1. The van der Waals surface area contributed by atoms with Crippen molar-refractivity contribution in [3.05, 3.63) is 12.7 Å². The lowest BCUT2D eigenvalue weighted by Gasteiger charge is -2.25. The Labute approximate surface area is 131 Å². The number of fused-ring (bicyclic) bond motifs is 2. The van der Waals surface area contributed by atoms with E-state index in [1.807, 2.05) is 0 Å². The number of carbonyl (C=O) groups excluding carboxylic acids is 2. The number of aromatic nitrogens is 4. The zero-order valence-corrected chi connectivity index (χ0v) is 12.5. The first-order valence-electron chi connectivity index (χ1n) is 7.40. The van der Waals surface area contributed by atoms with Gasteiger partial charge in [-0.1, -0.05) is 0 Å². The fraction of sp³-hybridized carbons (Fsp3) is 0.500. The minimum Gasteiger partial charge on any atom is -0.467 e. The van der Waals surface area contributed by atoms with Crippen molar-refractivity contribution in [2.75, 3.05) is 12.8 Å². The molecule has 1 amide bonds. The van der Waals surface area contributed by atoms with Gasteiger partial charge in [-0.05, 0) is 18.8 Å². The van der Waals surface area contributed by atoms with Crippen LogP contribution < -0.4 is 5.73 Å². The van der Waals surface area contributed by atoms with Gasteiger partial charge in [0.2, 0.25) is 5.91 Å². The Morgan fingerprint density at radius 3 is 2.96 bits per heavy atom. The van der Waals surface area contributed by atoms with Gasteiger partial charge in [-0.15, -0.1) is 0 Å². The lowest BCUT2D eigenvalue weighted by Crippen LogP contribution is -2.45. The van der Waals surface area contributed by atoms with Crippen LogP contribution in [0.1, 0.15) is 12.8 Å². The third kappa shape index (κ3) is 2.11. The first kappa shape index (κ1) is 13.9. The Balaban J connectivity index is 1.59. The molecule has 1 saturated heterocycles. The second-order valence-electron chi connectivity index (χ2n) is 5.94. The van der Waals surface area contributed by atoms with Crippen molar-refractivity contribution in [3.63, 3.8) is 0 Å². The molecule has 0 aromatic carbocycles. The van der Waals surface area contributed by atoms with Crippen molar-refractivity contribution in [1.82, 2.24) is 24.4 Å². The van der Waals surface area contributed by atoms with E-state index < -0.39 is 6.04 Å². The molecular weight excluding hydrogens is 300 g/mol. The first-order valence-corrected chi connectivity index (χ1v) is 7.40. The summed E-state index contributed by atoms with van der Waals surface area (Å²) in [6.45, 7) is 0.0592. The van der Waals surface area contributed by atoms with Crippen LogP contribution in [0.25, 0.3) is 11.2 Å². The molecule has 2 aromatic heterocycles. The van der Waals surface area contributed by atoms with Crippen LogP contribution in [0, 0.1) is 5.92 Å². The van der Waals surface area contributed by atoms with Crippen LogP contribution in [-0.2, 0) is 20.9 Å². The topological polar surface area (TPSA) is 116 Å². The molecule has 2 N–H and O–H groups in total. The Morgan fingerprint density at radius 1 is 1.35 bits per heavy atom. The number of amides is 1. The fourth-order valence-electron chi connectivity index (χ4n) is 3.40. The maximum absolute atomic E-state index is 12.7. The summed E-state index contributed by atoms with van der Waals surface area (Å²) in [5.41, 5.74) is 6.72. The molecule has 3 heterocycles. The van der Waals surface area contributed by atoms with E-state index in [9.17, 15) is 9.59 Å². The molecule has 1 aliphatic carbocycles. The molecule has 9 nitrogen and oxygen atoms in total. The number of imidazole rings is 1. The number of anilines is 1. The second-order valence-corrected chi connectivity index (χ2v) is 5.94. The van der Waals surface area contributed by atoms with Crippen molar-refractivity contribution >= 4 is 28.9 Å². The van der Waals surface area contributed by atoms with Crippen molar-refractivity contribution in [3.8, 4) is 0 Å². The van der Waals surface area contributed by atoms with E-state index in [2.05, 4.69) is 15.0 Å². The molecule has 23 heavy (non-hydrogen) atoms. The summed E-state index contributed by atoms with van der Waals surface area (Å²) >= 11 is 0. The van der Waals surface area contributed by atoms with Crippen LogP contribution in [0.5, 0.6) is 0 Å². The van der Waals surface area contributed by atoms with Crippen molar-refractivity contribution in [1.29, 1.82) is 0 Å². The van der Waals surface area contributed by atoms with Crippen molar-refractivity contribution < 1.29 is 14.3 Å².